The molecule has 1 aromatic heterocycles. The summed E-state index contributed by atoms with van der Waals surface area (Å²) in [6, 6.07) is 38.1. The molecule has 9 nitrogen and oxygen atoms in total. The number of unbranched alkanes of at least 4 members (excludes halogenated alkanes) is 7. The van der Waals surface area contributed by atoms with Crippen LogP contribution in [0.1, 0.15) is 93.6 Å². The Balaban J connectivity index is 1.41. The first-order valence-electron chi connectivity index (χ1n) is 19.6. The van der Waals surface area contributed by atoms with Crippen LogP contribution >= 0.6 is 11.8 Å². The maximum absolute atomic E-state index is 11.9. The van der Waals surface area contributed by atoms with Gasteiger partial charge in [0.15, 0.2) is 5.54 Å². The second kappa shape index (κ2) is 22.3. The Hall–Kier alpha value is -5.32. The molecule has 0 aliphatic carbocycles. The van der Waals surface area contributed by atoms with Gasteiger partial charge in [-0.25, -0.2) is 0 Å². The first-order chi connectivity index (χ1) is 27.5. The minimum absolute atomic E-state index is 0.255. The summed E-state index contributed by atoms with van der Waals surface area (Å²) < 4.78 is 0. The molecule has 0 aliphatic rings. The van der Waals surface area contributed by atoms with Crippen molar-refractivity contribution in [2.45, 2.75) is 88.3 Å². The monoisotopic (exact) mass is 770 g/mol. The van der Waals surface area contributed by atoms with E-state index in [0.717, 1.165) is 29.5 Å². The van der Waals surface area contributed by atoms with Gasteiger partial charge in [0.1, 0.15) is 6.17 Å². The Kier molecular flexibility index (Phi) is 16.6. The molecular weight excluding hydrogens is 717 g/mol. The zero-order valence-corrected chi connectivity index (χ0v) is 33.2. The number of amides is 2. The van der Waals surface area contributed by atoms with Crippen molar-refractivity contribution in [3.8, 4) is 11.4 Å². The molecule has 0 saturated carbocycles. The molecule has 0 spiro atoms. The van der Waals surface area contributed by atoms with Crippen LogP contribution in [0.5, 0.6) is 0 Å². The van der Waals surface area contributed by atoms with Gasteiger partial charge < -0.3 is 15.7 Å². The number of carbonyl (C=O) groups excluding carboxylic acids is 2. The molecule has 292 valence electrons. The molecule has 0 fully saturated rings. The van der Waals surface area contributed by atoms with Crippen LogP contribution in [0.2, 0.25) is 0 Å². The van der Waals surface area contributed by atoms with Crippen molar-refractivity contribution < 1.29 is 14.7 Å². The molecule has 2 amide bonds. The van der Waals surface area contributed by atoms with Crippen LogP contribution in [0.3, 0.4) is 0 Å². The van der Waals surface area contributed by atoms with E-state index in [4.69, 9.17) is 5.10 Å². The summed E-state index contributed by atoms with van der Waals surface area (Å²) in [7, 11) is 0. The summed E-state index contributed by atoms with van der Waals surface area (Å²) in [5.74, 6) is 0.512. The average molecular weight is 771 g/mol. The van der Waals surface area contributed by atoms with Gasteiger partial charge in [0.25, 0.3) is 0 Å². The van der Waals surface area contributed by atoms with Gasteiger partial charge in [0.05, 0.1) is 11.4 Å². The number of aliphatic hydroxyl groups excluding tert-OH is 1. The van der Waals surface area contributed by atoms with Gasteiger partial charge in [-0.2, -0.15) is 0 Å². The number of carbonyl (C=O) groups is 2. The van der Waals surface area contributed by atoms with Crippen molar-refractivity contribution in [1.29, 1.82) is 0 Å². The molecule has 4 aromatic carbocycles. The van der Waals surface area contributed by atoms with Crippen LogP contribution in [0.15, 0.2) is 140 Å². The van der Waals surface area contributed by atoms with Crippen LogP contribution in [-0.4, -0.2) is 54.8 Å². The standard InChI is InChI=1S/C46H54N6O3S/c1-3-4-5-6-7-8-9-10-11-12-22-32-42(56-34-43(47-35-53)48-36(2)54)44(55)37-24-23-25-38(33-37)45-49-51-52(50-45)46(39-26-16-13-17-27-39,40-28-18-14-19-29-40)41-30-20-15-21-31-41/h11-33,35,42-44,55H,3-10,34H2,1-2H3,(H,47,53)(H,48,54)/b12-11-,32-22+/t42-,43-,44+/m1/s1. The minimum atomic E-state index is -0.922. The predicted octanol–water partition coefficient (Wildman–Crippen LogP) is 8.78. The Bertz CT molecular complexity index is 1870. The quantitative estimate of drug-likeness (QED) is 0.0200. The molecule has 56 heavy (non-hydrogen) atoms. The van der Waals surface area contributed by atoms with E-state index in [2.05, 4.69) is 70.3 Å². The number of hydrogen-bond donors (Lipinski definition) is 3. The highest BCUT2D eigenvalue weighted by atomic mass is 32.2. The van der Waals surface area contributed by atoms with Gasteiger partial charge in [0, 0.05) is 18.2 Å². The number of nitrogens with one attached hydrogen (secondary N) is 2. The largest absolute Gasteiger partial charge is 0.387 e. The topological polar surface area (TPSA) is 122 Å². The number of benzene rings is 4. The van der Waals surface area contributed by atoms with E-state index in [1.807, 2.05) is 97.1 Å². The summed E-state index contributed by atoms with van der Waals surface area (Å²) in [5, 5.41) is 31.2. The maximum Gasteiger partial charge on any atom is 0.218 e. The minimum Gasteiger partial charge on any atom is -0.387 e. The SMILES string of the molecule is CCCCCCCCC/C=C\C=C\[C@@H](SC[C@H](NC=O)NC(C)=O)[C@@H](O)c1cccc(-c2nnn(C(c3ccccc3)(c3ccccc3)c3ccccc3)n2)c1. The van der Waals surface area contributed by atoms with Gasteiger partial charge in [0.2, 0.25) is 18.1 Å². The summed E-state index contributed by atoms with van der Waals surface area (Å²) in [6.07, 6.45) is 17.1. The third-order valence-corrected chi connectivity index (χ3v) is 11.0. The fourth-order valence-corrected chi connectivity index (χ4v) is 8.03. The van der Waals surface area contributed by atoms with Crippen LogP contribution < -0.4 is 10.6 Å². The lowest BCUT2D eigenvalue weighted by molar-refractivity contribution is -0.120. The van der Waals surface area contributed by atoms with Crippen molar-refractivity contribution in [2.24, 2.45) is 0 Å². The number of hydrogen-bond acceptors (Lipinski definition) is 7. The lowest BCUT2D eigenvalue weighted by Crippen LogP contribution is -2.46. The van der Waals surface area contributed by atoms with E-state index < -0.39 is 23.1 Å². The molecule has 10 heteroatoms. The Morgan fingerprint density at radius 2 is 1.43 bits per heavy atom. The van der Waals surface area contributed by atoms with E-state index in [0.29, 0.717) is 29.1 Å². The lowest BCUT2D eigenvalue weighted by atomic mass is 9.77. The molecule has 0 saturated heterocycles. The van der Waals surface area contributed by atoms with Crippen molar-refractivity contribution in [1.82, 2.24) is 30.8 Å². The highest BCUT2D eigenvalue weighted by molar-refractivity contribution is 8.00. The zero-order chi connectivity index (χ0) is 39.4. The van der Waals surface area contributed by atoms with Crippen LogP contribution in [0.4, 0.5) is 0 Å². The van der Waals surface area contributed by atoms with Crippen LogP contribution in [0, 0.1) is 0 Å². The molecule has 3 atom stereocenters. The summed E-state index contributed by atoms with van der Waals surface area (Å²) >= 11 is 1.44. The first-order valence-corrected chi connectivity index (χ1v) is 20.7. The first kappa shape index (κ1) is 41.8. The van der Waals surface area contributed by atoms with Gasteiger partial charge in [-0.1, -0.05) is 179 Å². The van der Waals surface area contributed by atoms with Gasteiger partial charge in [-0.15, -0.1) is 26.8 Å². The Labute approximate surface area is 335 Å². The van der Waals surface area contributed by atoms with Crippen LogP contribution in [-0.2, 0) is 15.1 Å². The third kappa shape index (κ3) is 11.4. The molecule has 1 heterocycles. The lowest BCUT2D eigenvalue weighted by Gasteiger charge is -2.34. The summed E-state index contributed by atoms with van der Waals surface area (Å²) in [6.45, 7) is 3.65. The van der Waals surface area contributed by atoms with E-state index in [9.17, 15) is 14.7 Å². The number of tetrazole rings is 1. The van der Waals surface area contributed by atoms with Crippen molar-refractivity contribution in [3.63, 3.8) is 0 Å². The number of aliphatic hydroxyl groups is 1. The van der Waals surface area contributed by atoms with E-state index in [1.165, 1.54) is 57.2 Å². The number of aromatic nitrogens is 4. The summed E-state index contributed by atoms with van der Waals surface area (Å²) in [4.78, 5) is 24.8. The maximum atomic E-state index is 11.9. The highest BCUT2D eigenvalue weighted by Gasteiger charge is 2.41. The smallest absolute Gasteiger partial charge is 0.218 e. The van der Waals surface area contributed by atoms with E-state index >= 15 is 0 Å². The number of nitrogens with zero attached hydrogens (tertiary/aromatic N) is 4. The average Bonchev–Trinajstić information content (AvgIpc) is 3.73. The molecule has 5 rings (SSSR count). The van der Waals surface area contributed by atoms with Gasteiger partial charge >= 0.3 is 0 Å². The Morgan fingerprint density at radius 1 is 0.821 bits per heavy atom. The van der Waals surface area contributed by atoms with Crippen molar-refractivity contribution in [3.05, 3.63) is 162 Å². The molecular formula is C46H54N6O3S. The van der Waals surface area contributed by atoms with Crippen molar-refractivity contribution >= 4 is 24.1 Å². The molecule has 0 aliphatic heterocycles. The molecule has 0 bridgehead atoms. The number of allylic oxidation sites excluding steroid dienone is 3. The second-order valence-electron chi connectivity index (χ2n) is 13.8. The predicted molar refractivity (Wildman–Crippen MR) is 227 cm³/mol. The zero-order valence-electron chi connectivity index (χ0n) is 32.4. The fraction of sp³-hybridized carbons (Fsp3) is 0.326. The molecule has 0 radical (unpaired) electrons. The van der Waals surface area contributed by atoms with Gasteiger partial charge in [-0.3, -0.25) is 9.59 Å². The molecule has 5 aromatic rings. The third-order valence-electron chi connectivity index (χ3n) is 9.71. The number of thioether (sulfide) groups is 1. The second-order valence-corrected chi connectivity index (χ2v) is 15.1. The van der Waals surface area contributed by atoms with E-state index in [1.54, 1.807) is 4.80 Å². The van der Waals surface area contributed by atoms with Crippen molar-refractivity contribution in [2.75, 3.05) is 5.75 Å². The van der Waals surface area contributed by atoms with E-state index in [-0.39, 0.29) is 5.91 Å². The summed E-state index contributed by atoms with van der Waals surface area (Å²) in [5.41, 5.74) is 3.41. The Morgan fingerprint density at radius 3 is 2.02 bits per heavy atom. The fourth-order valence-electron chi connectivity index (χ4n) is 6.89. The normalized spacial score (nSPS) is 13.4. The van der Waals surface area contributed by atoms with Crippen LogP contribution in [0.25, 0.3) is 11.4 Å². The molecule has 3 N–H and O–H groups in total. The highest BCUT2D eigenvalue weighted by Crippen LogP contribution is 2.40. The molecule has 0 unspecified atom stereocenters. The number of rotatable bonds is 23. The van der Waals surface area contributed by atoms with Gasteiger partial charge in [-0.05, 0) is 46.4 Å².